The lowest BCUT2D eigenvalue weighted by molar-refractivity contribution is 0.0583. The van der Waals surface area contributed by atoms with Crippen LogP contribution >= 0.6 is 16.2 Å². The van der Waals surface area contributed by atoms with Crippen LogP contribution in [-0.2, 0) is 0 Å². The van der Waals surface area contributed by atoms with E-state index in [9.17, 15) is 0 Å². The lowest BCUT2D eigenvalue weighted by atomic mass is 9.70. The van der Waals surface area contributed by atoms with Crippen molar-refractivity contribution in [1.29, 1.82) is 0 Å². The molecule has 198 valence electrons. The fourth-order valence-corrected chi connectivity index (χ4v) is 11.5. The zero-order valence-electron chi connectivity index (χ0n) is 22.5. The summed E-state index contributed by atoms with van der Waals surface area (Å²) in [4.78, 5) is 0. The van der Waals surface area contributed by atoms with Gasteiger partial charge in [0.2, 0.25) is 0 Å². The van der Waals surface area contributed by atoms with E-state index in [1.54, 1.807) is 0 Å². The van der Waals surface area contributed by atoms with E-state index in [1.807, 2.05) is 24.3 Å². The lowest BCUT2D eigenvalue weighted by Crippen LogP contribution is -2.45. The third kappa shape index (κ3) is 4.27. The fraction of sp³-hybridized carbons (Fsp3) is 0.294. The minimum absolute atomic E-state index is 0.0510. The fourth-order valence-electron chi connectivity index (χ4n) is 7.22. The van der Waals surface area contributed by atoms with Crippen LogP contribution in [0.4, 0.5) is 0 Å². The van der Waals surface area contributed by atoms with Crippen LogP contribution in [0.1, 0.15) is 33.1 Å². The minimum Gasteiger partial charge on any atom is -0.399 e. The Kier molecular flexibility index (Phi) is 6.43. The first kappa shape index (κ1) is 25.2. The molecule has 0 N–H and O–H groups in total. The average Bonchev–Trinajstić information content (AvgIpc) is 3.24. The molecule has 5 aromatic rings. The summed E-state index contributed by atoms with van der Waals surface area (Å²) in [7, 11) is -2.14. The molecule has 5 heteroatoms. The monoisotopic (exact) mass is 552 g/mol. The van der Waals surface area contributed by atoms with Gasteiger partial charge in [-0.25, -0.2) is 0 Å². The van der Waals surface area contributed by atoms with Gasteiger partial charge in [-0.15, -0.1) is 0 Å². The van der Waals surface area contributed by atoms with Crippen molar-refractivity contribution < 1.29 is 12.9 Å². The van der Waals surface area contributed by atoms with E-state index >= 15 is 0 Å². The van der Waals surface area contributed by atoms with Gasteiger partial charge in [-0.3, -0.25) is 4.52 Å². The summed E-state index contributed by atoms with van der Waals surface area (Å²) in [6.45, 7) is 4.98. The number of para-hydroxylation sites is 2. The highest BCUT2D eigenvalue weighted by Gasteiger charge is 2.65. The third-order valence-electron chi connectivity index (χ3n) is 9.56. The predicted molar refractivity (Wildman–Crippen MR) is 164 cm³/mol. The summed E-state index contributed by atoms with van der Waals surface area (Å²) >= 11 is 0. The van der Waals surface area contributed by atoms with Crippen molar-refractivity contribution >= 4 is 48.7 Å². The summed E-state index contributed by atoms with van der Waals surface area (Å²) in [6.07, 6.45) is 4.72. The van der Waals surface area contributed by atoms with Crippen LogP contribution in [0.25, 0.3) is 21.9 Å². The van der Waals surface area contributed by atoms with Crippen molar-refractivity contribution in [2.24, 2.45) is 16.7 Å². The maximum atomic E-state index is 7.02. The first-order chi connectivity index (χ1) is 19.0. The number of hydrogen-bond donors (Lipinski definition) is 0. The molecule has 2 saturated carbocycles. The Bertz CT molecular complexity index is 1550. The maximum absolute atomic E-state index is 7.02. The second-order valence-corrected chi connectivity index (χ2v) is 14.8. The number of benzene rings is 4. The van der Waals surface area contributed by atoms with Crippen molar-refractivity contribution in [3.8, 4) is 0 Å². The molecule has 7 rings (SSSR count). The molecule has 2 aliphatic rings. The summed E-state index contributed by atoms with van der Waals surface area (Å²) in [6, 6.07) is 38.6. The zero-order valence-corrected chi connectivity index (χ0v) is 24.3. The van der Waals surface area contributed by atoms with Crippen LogP contribution in [-0.4, -0.2) is 12.3 Å². The molecule has 1 heterocycles. The summed E-state index contributed by atoms with van der Waals surface area (Å²) < 4.78 is 20.1. The Morgan fingerprint density at radius 3 is 1.79 bits per heavy atom. The van der Waals surface area contributed by atoms with Crippen LogP contribution < -0.4 is 15.1 Å². The van der Waals surface area contributed by atoms with E-state index in [0.717, 1.165) is 34.5 Å². The quantitative estimate of drug-likeness (QED) is 0.197. The van der Waals surface area contributed by atoms with Gasteiger partial charge in [0.25, 0.3) is 0 Å². The van der Waals surface area contributed by atoms with E-state index in [-0.39, 0.29) is 16.9 Å². The predicted octanol–water partition coefficient (Wildman–Crippen LogP) is 9.05. The molecule has 3 unspecified atom stereocenters. The van der Waals surface area contributed by atoms with Crippen LogP contribution in [0, 0.1) is 16.7 Å². The standard InChI is InChI=1S/C34H34O3P2/c1-33(2)25-21-22-34(33,24-38(26-13-5-3-6-14-26)27-15-7-4-8-16-27)32(23-25)37-39-35-30-19-11-9-17-28(30)29-18-10-12-20-31(29)36-39/h3-20,25,32H,21-24H2,1-2H3. The molecule has 0 saturated heterocycles. The van der Waals surface area contributed by atoms with Crippen molar-refractivity contribution in [2.45, 2.75) is 39.2 Å². The summed E-state index contributed by atoms with van der Waals surface area (Å²) in [5, 5.41) is 4.99. The van der Waals surface area contributed by atoms with Crippen LogP contribution in [0.2, 0.25) is 0 Å². The average molecular weight is 553 g/mol. The van der Waals surface area contributed by atoms with Gasteiger partial charge in [0, 0.05) is 16.2 Å². The molecule has 2 aliphatic carbocycles. The van der Waals surface area contributed by atoms with Gasteiger partial charge in [-0.1, -0.05) is 111 Å². The van der Waals surface area contributed by atoms with Crippen molar-refractivity contribution in [1.82, 2.24) is 0 Å². The molecular formula is C34H34O3P2. The van der Waals surface area contributed by atoms with E-state index in [2.05, 4.69) is 98.8 Å². The Morgan fingerprint density at radius 2 is 1.26 bits per heavy atom. The Balaban J connectivity index is 1.32. The third-order valence-corrected chi connectivity index (χ3v) is 13.4. The molecule has 2 bridgehead atoms. The molecule has 3 nitrogen and oxygen atoms in total. The van der Waals surface area contributed by atoms with Gasteiger partial charge in [0.1, 0.15) is 11.2 Å². The van der Waals surface area contributed by atoms with E-state index in [4.69, 9.17) is 12.9 Å². The molecule has 0 spiro atoms. The first-order valence-corrected chi connectivity index (χ1v) is 16.6. The van der Waals surface area contributed by atoms with E-state index in [1.165, 1.54) is 23.5 Å². The molecule has 4 aromatic carbocycles. The largest absolute Gasteiger partial charge is 0.399 e. The van der Waals surface area contributed by atoms with Gasteiger partial charge in [0.05, 0.1) is 6.10 Å². The van der Waals surface area contributed by atoms with Gasteiger partial charge in [0.15, 0.2) is 0 Å². The molecule has 1 aromatic heterocycles. The van der Waals surface area contributed by atoms with Gasteiger partial charge in [-0.05, 0) is 67.4 Å². The minimum atomic E-state index is -1.59. The van der Waals surface area contributed by atoms with Crippen molar-refractivity contribution in [2.75, 3.05) is 6.16 Å². The van der Waals surface area contributed by atoms with E-state index in [0.29, 0.717) is 5.92 Å². The Labute approximate surface area is 232 Å². The van der Waals surface area contributed by atoms with E-state index < -0.39 is 16.2 Å². The van der Waals surface area contributed by atoms with Crippen molar-refractivity contribution in [3.05, 3.63) is 109 Å². The Hall–Kier alpha value is -2.83. The summed E-state index contributed by atoms with van der Waals surface area (Å²) in [5.74, 6) is 0.646. The smallest absolute Gasteiger partial charge is 0.387 e. The molecule has 0 amide bonds. The van der Waals surface area contributed by atoms with Crippen LogP contribution in [0.5, 0.6) is 0 Å². The van der Waals surface area contributed by atoms with Crippen molar-refractivity contribution in [3.63, 3.8) is 0 Å². The maximum Gasteiger partial charge on any atom is 0.387 e. The molecule has 39 heavy (non-hydrogen) atoms. The molecular weight excluding hydrogens is 518 g/mol. The highest BCUT2D eigenvalue weighted by atomic mass is 31.1. The number of fused-ring (bicyclic) bond motifs is 5. The van der Waals surface area contributed by atoms with Gasteiger partial charge < -0.3 is 8.39 Å². The second kappa shape index (κ2) is 9.97. The topological polar surface area (TPSA) is 35.5 Å². The van der Waals surface area contributed by atoms with Crippen LogP contribution in [0.3, 0.4) is 0 Å². The van der Waals surface area contributed by atoms with Crippen LogP contribution in [0.15, 0.2) is 118 Å². The Morgan fingerprint density at radius 1 is 0.744 bits per heavy atom. The number of hydrogen-bond acceptors (Lipinski definition) is 3. The normalized spacial score (nSPS) is 23.6. The van der Waals surface area contributed by atoms with Gasteiger partial charge >= 0.3 is 8.24 Å². The highest BCUT2D eigenvalue weighted by Crippen LogP contribution is 2.69. The second-order valence-electron chi connectivity index (χ2n) is 11.6. The highest BCUT2D eigenvalue weighted by molar-refractivity contribution is 7.73. The number of rotatable bonds is 6. The summed E-state index contributed by atoms with van der Waals surface area (Å²) in [5.41, 5.74) is 1.90. The van der Waals surface area contributed by atoms with Gasteiger partial charge in [-0.2, -0.15) is 0 Å². The molecule has 2 fully saturated rings. The lowest BCUT2D eigenvalue weighted by Gasteiger charge is -2.44. The zero-order chi connectivity index (χ0) is 26.5. The first-order valence-electron chi connectivity index (χ1n) is 13.9. The molecule has 0 radical (unpaired) electrons. The molecule has 3 atom stereocenters. The molecule has 0 aliphatic heterocycles. The SMILES string of the molecule is CC1(C)C2CCC1(CP(c1ccccc1)c1ccccc1)C(Op1oc3ccccc3c3ccccc3o1)C2.